The van der Waals surface area contributed by atoms with Crippen molar-refractivity contribution in [3.63, 3.8) is 0 Å². The van der Waals surface area contributed by atoms with Crippen LogP contribution in [0.4, 0.5) is 10.5 Å². The van der Waals surface area contributed by atoms with Crippen molar-refractivity contribution >= 4 is 35.2 Å². The van der Waals surface area contributed by atoms with E-state index in [1.54, 1.807) is 60.4 Å². The van der Waals surface area contributed by atoms with E-state index in [4.69, 9.17) is 21.1 Å². The molecule has 1 aliphatic heterocycles. The Morgan fingerprint density at radius 3 is 2.39 bits per heavy atom. The van der Waals surface area contributed by atoms with Gasteiger partial charge in [-0.2, -0.15) is 0 Å². The van der Waals surface area contributed by atoms with Gasteiger partial charge in [0.2, 0.25) is 0 Å². The normalized spacial score (nSPS) is 15.6. The van der Waals surface area contributed by atoms with Crippen LogP contribution >= 0.6 is 11.6 Å². The molecule has 2 aromatic carbocycles. The molecule has 0 aromatic heterocycles. The zero-order chi connectivity index (χ0) is 26.2. The molecule has 1 aliphatic rings. The summed E-state index contributed by atoms with van der Waals surface area (Å²) in [6.07, 6.45) is 0.750. The van der Waals surface area contributed by atoms with Gasteiger partial charge in [-0.1, -0.05) is 44.5 Å². The number of anilines is 1. The molecule has 3 amide bonds. The minimum Gasteiger partial charge on any atom is -0.484 e. The number of carbonyl (C=O) groups excluding carboxylic acids is 3. The fraction of sp³-hybridized carbons (Fsp3) is 0.370. The third-order valence-electron chi connectivity index (χ3n) is 5.52. The number of ether oxygens (including phenoxy) is 2. The molecule has 9 heteroatoms. The topological polar surface area (TPSA) is 97.0 Å². The van der Waals surface area contributed by atoms with Crippen molar-refractivity contribution in [1.29, 1.82) is 0 Å². The second kappa shape index (κ2) is 12.4. The maximum atomic E-state index is 13.0. The Kier molecular flexibility index (Phi) is 9.36. The van der Waals surface area contributed by atoms with Gasteiger partial charge in [0.15, 0.2) is 6.61 Å². The zero-order valence-electron chi connectivity index (χ0n) is 21.0. The van der Waals surface area contributed by atoms with E-state index in [0.717, 1.165) is 6.42 Å². The lowest BCUT2D eigenvalue weighted by Gasteiger charge is -2.35. The molecule has 0 aliphatic carbocycles. The number of nitrogens with one attached hydrogen (secondary N) is 2. The highest BCUT2D eigenvalue weighted by atomic mass is 35.5. The molecule has 3 rings (SSSR count). The van der Waals surface area contributed by atoms with Crippen LogP contribution in [0.1, 0.15) is 45.7 Å². The van der Waals surface area contributed by atoms with Crippen LogP contribution in [-0.2, 0) is 14.3 Å². The van der Waals surface area contributed by atoms with Gasteiger partial charge < -0.3 is 20.1 Å². The number of halogens is 1. The number of nitrogens with zero attached hydrogens (tertiary/aromatic N) is 1. The van der Waals surface area contributed by atoms with Crippen LogP contribution in [-0.4, -0.2) is 42.6 Å². The number of rotatable bonds is 10. The van der Waals surface area contributed by atoms with E-state index in [2.05, 4.69) is 10.6 Å². The maximum Gasteiger partial charge on any atom is 0.338 e. The summed E-state index contributed by atoms with van der Waals surface area (Å²) < 4.78 is 11.0. The molecule has 2 N–H and O–H groups in total. The van der Waals surface area contributed by atoms with Crippen molar-refractivity contribution in [3.05, 3.63) is 70.4 Å². The minimum atomic E-state index is -0.664. The highest BCUT2D eigenvalue weighted by Gasteiger charge is 2.36. The summed E-state index contributed by atoms with van der Waals surface area (Å²) in [5.74, 6) is -0.0597. The molecule has 0 bridgehead atoms. The van der Waals surface area contributed by atoms with E-state index < -0.39 is 12.0 Å². The predicted octanol–water partition coefficient (Wildman–Crippen LogP) is 5.31. The first-order chi connectivity index (χ1) is 17.2. The van der Waals surface area contributed by atoms with Crippen molar-refractivity contribution < 1.29 is 23.9 Å². The van der Waals surface area contributed by atoms with Crippen molar-refractivity contribution in [1.82, 2.24) is 10.2 Å². The van der Waals surface area contributed by atoms with Gasteiger partial charge in [-0.25, -0.2) is 9.59 Å². The smallest absolute Gasteiger partial charge is 0.338 e. The molecule has 0 saturated heterocycles. The fourth-order valence-corrected chi connectivity index (χ4v) is 3.87. The van der Waals surface area contributed by atoms with Crippen molar-refractivity contribution in [2.24, 2.45) is 5.92 Å². The van der Waals surface area contributed by atoms with E-state index in [1.165, 1.54) is 0 Å². The van der Waals surface area contributed by atoms with Crippen LogP contribution in [0.2, 0.25) is 5.02 Å². The molecule has 0 fully saturated rings. The largest absolute Gasteiger partial charge is 0.484 e. The number of hydrogen-bond acceptors (Lipinski definition) is 5. The highest BCUT2D eigenvalue weighted by molar-refractivity contribution is 6.30. The zero-order valence-corrected chi connectivity index (χ0v) is 21.7. The van der Waals surface area contributed by atoms with Crippen molar-refractivity contribution in [3.8, 4) is 5.75 Å². The van der Waals surface area contributed by atoms with E-state index in [1.807, 2.05) is 20.8 Å². The number of amides is 3. The van der Waals surface area contributed by atoms with Gasteiger partial charge in [0.25, 0.3) is 5.91 Å². The van der Waals surface area contributed by atoms with Gasteiger partial charge in [-0.05, 0) is 61.2 Å². The SMILES string of the molecule is CCCN1C(=O)NC(c2ccc(NC(=O)COc3ccc(Cl)cc3)cc2)C(C(=O)OCC(C)C)=C1C. The van der Waals surface area contributed by atoms with Crippen LogP contribution in [0.25, 0.3) is 0 Å². The molecule has 2 aromatic rings. The summed E-state index contributed by atoms with van der Waals surface area (Å²) >= 11 is 5.85. The first kappa shape index (κ1) is 27.1. The monoisotopic (exact) mass is 513 g/mol. The standard InChI is InChI=1S/C27H32ClN3O5/c1-5-14-31-18(4)24(26(33)36-15-17(2)3)25(30-27(31)34)19-6-10-21(11-7-19)29-23(32)16-35-22-12-8-20(28)9-13-22/h6-13,17,25H,5,14-16H2,1-4H3,(H,29,32)(H,30,34). The molecular formula is C27H32ClN3O5. The molecule has 1 atom stereocenters. The van der Waals surface area contributed by atoms with Gasteiger partial charge >= 0.3 is 12.0 Å². The maximum absolute atomic E-state index is 13.0. The lowest BCUT2D eigenvalue weighted by atomic mass is 9.94. The molecule has 192 valence electrons. The molecular weight excluding hydrogens is 482 g/mol. The molecule has 0 spiro atoms. The summed E-state index contributed by atoms with van der Waals surface area (Å²) in [5, 5.41) is 6.29. The van der Waals surface area contributed by atoms with Gasteiger partial charge in [-0.15, -0.1) is 0 Å². The first-order valence-electron chi connectivity index (χ1n) is 11.9. The molecule has 0 saturated carbocycles. The number of carbonyl (C=O) groups is 3. The summed E-state index contributed by atoms with van der Waals surface area (Å²) in [7, 11) is 0. The molecule has 1 unspecified atom stereocenters. The average Bonchev–Trinajstić information content (AvgIpc) is 2.85. The summed E-state index contributed by atoms with van der Waals surface area (Å²) in [5.41, 5.74) is 2.24. The Morgan fingerprint density at radius 2 is 1.78 bits per heavy atom. The van der Waals surface area contributed by atoms with E-state index in [0.29, 0.717) is 39.8 Å². The number of urea groups is 1. The number of allylic oxidation sites excluding steroid dienone is 1. The molecule has 36 heavy (non-hydrogen) atoms. The quantitative estimate of drug-likeness (QED) is 0.420. The number of hydrogen-bond donors (Lipinski definition) is 2. The predicted molar refractivity (Wildman–Crippen MR) is 139 cm³/mol. The number of benzene rings is 2. The Morgan fingerprint density at radius 1 is 1.11 bits per heavy atom. The molecule has 8 nitrogen and oxygen atoms in total. The Hall–Kier alpha value is -3.52. The average molecular weight is 514 g/mol. The Balaban J connectivity index is 1.73. The summed E-state index contributed by atoms with van der Waals surface area (Å²) in [4.78, 5) is 39.7. The number of esters is 1. The lowest BCUT2D eigenvalue weighted by molar-refractivity contribution is -0.140. The van der Waals surface area contributed by atoms with Crippen LogP contribution in [0.5, 0.6) is 5.75 Å². The second-order valence-corrected chi connectivity index (χ2v) is 9.37. The summed E-state index contributed by atoms with van der Waals surface area (Å²) in [6.45, 7) is 8.28. The summed E-state index contributed by atoms with van der Waals surface area (Å²) in [6, 6.07) is 12.8. The molecule has 1 heterocycles. The van der Waals surface area contributed by atoms with E-state index in [9.17, 15) is 14.4 Å². The first-order valence-corrected chi connectivity index (χ1v) is 12.3. The van der Waals surface area contributed by atoms with Crippen molar-refractivity contribution in [2.75, 3.05) is 25.1 Å². The van der Waals surface area contributed by atoms with Crippen LogP contribution in [0.15, 0.2) is 59.8 Å². The third-order valence-corrected chi connectivity index (χ3v) is 5.77. The van der Waals surface area contributed by atoms with Crippen LogP contribution in [0.3, 0.4) is 0 Å². The van der Waals surface area contributed by atoms with Crippen LogP contribution < -0.4 is 15.4 Å². The van der Waals surface area contributed by atoms with Gasteiger partial charge in [0.1, 0.15) is 5.75 Å². The van der Waals surface area contributed by atoms with E-state index in [-0.39, 0.29) is 31.1 Å². The minimum absolute atomic E-state index is 0.164. The highest BCUT2D eigenvalue weighted by Crippen LogP contribution is 2.32. The van der Waals surface area contributed by atoms with Gasteiger partial charge in [0, 0.05) is 23.0 Å². The van der Waals surface area contributed by atoms with Crippen molar-refractivity contribution in [2.45, 2.75) is 40.2 Å². The third kappa shape index (κ3) is 7.01. The van der Waals surface area contributed by atoms with Gasteiger partial charge in [0.05, 0.1) is 18.2 Å². The Bertz CT molecular complexity index is 1110. The van der Waals surface area contributed by atoms with Gasteiger partial charge in [-0.3, -0.25) is 9.69 Å². The fourth-order valence-electron chi connectivity index (χ4n) is 3.74. The van der Waals surface area contributed by atoms with E-state index >= 15 is 0 Å². The van der Waals surface area contributed by atoms with Crippen LogP contribution in [0, 0.1) is 5.92 Å². The lowest BCUT2D eigenvalue weighted by Crippen LogP contribution is -2.48. The Labute approximate surface area is 216 Å². The second-order valence-electron chi connectivity index (χ2n) is 8.94. The molecule has 0 radical (unpaired) electrons.